The van der Waals surface area contributed by atoms with E-state index in [-0.39, 0.29) is 5.02 Å². The van der Waals surface area contributed by atoms with E-state index >= 15 is 0 Å². The van der Waals surface area contributed by atoms with E-state index in [2.05, 4.69) is 22.2 Å². The number of benzene rings is 1. The molecule has 0 saturated carbocycles. The van der Waals surface area contributed by atoms with Gasteiger partial charge in [0.2, 0.25) is 0 Å². The van der Waals surface area contributed by atoms with Crippen LogP contribution in [0.5, 0.6) is 0 Å². The van der Waals surface area contributed by atoms with E-state index in [1.54, 1.807) is 12.1 Å². The Morgan fingerprint density at radius 1 is 1.24 bits per heavy atom. The molecule has 1 N–H and O–H groups in total. The summed E-state index contributed by atoms with van der Waals surface area (Å²) in [4.78, 5) is 9.04. The van der Waals surface area contributed by atoms with Crippen LogP contribution in [0.4, 0.5) is 10.2 Å². The minimum absolute atomic E-state index is 0.127. The number of anilines is 1. The van der Waals surface area contributed by atoms with Crippen LogP contribution >= 0.6 is 11.6 Å². The Balaban J connectivity index is 2.39. The number of hydrogen-bond acceptors (Lipinski definition) is 3. The van der Waals surface area contributed by atoms with Crippen molar-refractivity contribution in [3.05, 3.63) is 51.7 Å². The van der Waals surface area contributed by atoms with Crippen LogP contribution in [0.1, 0.15) is 36.5 Å². The third kappa shape index (κ3) is 3.50. The van der Waals surface area contributed by atoms with Crippen LogP contribution in [-0.2, 0) is 12.8 Å². The van der Waals surface area contributed by atoms with Crippen LogP contribution < -0.4 is 5.32 Å². The van der Waals surface area contributed by atoms with Gasteiger partial charge in [-0.25, -0.2) is 14.4 Å². The molecular weight excluding hydrogens is 289 g/mol. The van der Waals surface area contributed by atoms with E-state index < -0.39 is 5.82 Å². The van der Waals surface area contributed by atoms with E-state index in [9.17, 15) is 4.39 Å². The molecule has 1 aromatic heterocycles. The van der Waals surface area contributed by atoms with Crippen molar-refractivity contribution in [1.29, 1.82) is 0 Å². The van der Waals surface area contributed by atoms with Crippen LogP contribution in [0.2, 0.25) is 5.02 Å². The predicted octanol–water partition coefficient (Wildman–Crippen LogP) is 4.16. The molecule has 2 aromatic rings. The number of aromatic nitrogens is 2. The van der Waals surface area contributed by atoms with Gasteiger partial charge in [0.05, 0.1) is 5.02 Å². The van der Waals surface area contributed by atoms with Crippen molar-refractivity contribution in [1.82, 2.24) is 9.97 Å². The molecule has 21 heavy (non-hydrogen) atoms. The van der Waals surface area contributed by atoms with Crippen molar-refractivity contribution in [2.45, 2.75) is 33.6 Å². The minimum atomic E-state index is -0.397. The van der Waals surface area contributed by atoms with Gasteiger partial charge in [-0.1, -0.05) is 30.7 Å². The smallest absolute Gasteiger partial charge is 0.145 e. The summed E-state index contributed by atoms with van der Waals surface area (Å²) in [7, 11) is 0. The monoisotopic (exact) mass is 307 g/mol. The van der Waals surface area contributed by atoms with Crippen molar-refractivity contribution < 1.29 is 4.39 Å². The standard InChI is InChI=1S/C16H19ClFN3/c1-4-13-10(3)16(19-5-2)21-14(20-13)9-11-7-6-8-12(17)15(11)18/h6-8H,4-5,9H2,1-3H3,(H,19,20,21). The van der Waals surface area contributed by atoms with E-state index in [1.165, 1.54) is 6.07 Å². The summed E-state index contributed by atoms with van der Waals surface area (Å²) >= 11 is 5.82. The van der Waals surface area contributed by atoms with E-state index in [1.807, 2.05) is 13.8 Å². The highest BCUT2D eigenvalue weighted by atomic mass is 35.5. The van der Waals surface area contributed by atoms with Crippen molar-refractivity contribution in [2.24, 2.45) is 0 Å². The predicted molar refractivity (Wildman–Crippen MR) is 84.5 cm³/mol. The molecule has 0 unspecified atom stereocenters. The second kappa shape index (κ2) is 6.85. The van der Waals surface area contributed by atoms with Gasteiger partial charge in [0.1, 0.15) is 17.5 Å². The number of nitrogens with one attached hydrogen (secondary N) is 1. The summed E-state index contributed by atoms with van der Waals surface area (Å²) < 4.78 is 14.0. The second-order valence-corrected chi connectivity index (χ2v) is 5.24. The number of halogens is 2. The van der Waals surface area contributed by atoms with Gasteiger partial charge in [-0.3, -0.25) is 0 Å². The third-order valence-corrected chi connectivity index (χ3v) is 3.64. The van der Waals surface area contributed by atoms with Crippen molar-refractivity contribution in [3.63, 3.8) is 0 Å². The summed E-state index contributed by atoms with van der Waals surface area (Å²) in [5, 5.41) is 3.36. The Kier molecular flexibility index (Phi) is 5.12. The van der Waals surface area contributed by atoms with Crippen LogP contribution in [-0.4, -0.2) is 16.5 Å². The first kappa shape index (κ1) is 15.7. The molecule has 112 valence electrons. The topological polar surface area (TPSA) is 37.8 Å². The number of rotatable bonds is 5. The van der Waals surface area contributed by atoms with Crippen molar-refractivity contribution >= 4 is 17.4 Å². The van der Waals surface area contributed by atoms with Gasteiger partial charge in [-0.05, 0) is 31.9 Å². The first-order chi connectivity index (χ1) is 10.1. The molecular formula is C16H19ClFN3. The van der Waals surface area contributed by atoms with Crippen LogP contribution in [0, 0.1) is 12.7 Å². The fraction of sp³-hybridized carbons (Fsp3) is 0.375. The van der Waals surface area contributed by atoms with Gasteiger partial charge in [0.15, 0.2) is 0 Å². The molecule has 0 aliphatic carbocycles. The molecule has 0 radical (unpaired) electrons. The van der Waals surface area contributed by atoms with Gasteiger partial charge in [-0.2, -0.15) is 0 Å². The summed E-state index contributed by atoms with van der Waals surface area (Å²) in [6.45, 7) is 6.85. The molecule has 2 rings (SSSR count). The minimum Gasteiger partial charge on any atom is -0.370 e. The molecule has 0 bridgehead atoms. The highest BCUT2D eigenvalue weighted by Crippen LogP contribution is 2.22. The van der Waals surface area contributed by atoms with Crippen LogP contribution in [0.25, 0.3) is 0 Å². The Bertz CT molecular complexity index is 644. The second-order valence-electron chi connectivity index (χ2n) is 4.83. The van der Waals surface area contributed by atoms with Gasteiger partial charge >= 0.3 is 0 Å². The van der Waals surface area contributed by atoms with Crippen molar-refractivity contribution in [3.8, 4) is 0 Å². The zero-order valence-electron chi connectivity index (χ0n) is 12.5. The zero-order valence-corrected chi connectivity index (χ0v) is 13.3. The molecule has 0 amide bonds. The SMILES string of the molecule is CCNc1nc(Cc2cccc(Cl)c2F)nc(CC)c1C. The molecule has 0 aliphatic rings. The van der Waals surface area contributed by atoms with Gasteiger partial charge in [-0.15, -0.1) is 0 Å². The molecule has 5 heteroatoms. The summed E-state index contributed by atoms with van der Waals surface area (Å²) in [5.41, 5.74) is 2.55. The lowest BCUT2D eigenvalue weighted by Gasteiger charge is -2.12. The lowest BCUT2D eigenvalue weighted by atomic mass is 10.1. The number of nitrogens with zero attached hydrogens (tertiary/aromatic N) is 2. The van der Waals surface area contributed by atoms with Crippen LogP contribution in [0.15, 0.2) is 18.2 Å². The maximum Gasteiger partial charge on any atom is 0.145 e. The maximum absolute atomic E-state index is 14.0. The van der Waals surface area contributed by atoms with Gasteiger partial charge < -0.3 is 5.32 Å². The highest BCUT2D eigenvalue weighted by molar-refractivity contribution is 6.30. The lowest BCUT2D eigenvalue weighted by molar-refractivity contribution is 0.612. The van der Waals surface area contributed by atoms with E-state index in [0.29, 0.717) is 17.8 Å². The largest absolute Gasteiger partial charge is 0.370 e. The maximum atomic E-state index is 14.0. The quantitative estimate of drug-likeness (QED) is 0.901. The Labute approximate surface area is 129 Å². The Morgan fingerprint density at radius 2 is 2.00 bits per heavy atom. The lowest BCUT2D eigenvalue weighted by Crippen LogP contribution is -2.10. The van der Waals surface area contributed by atoms with Crippen LogP contribution in [0.3, 0.4) is 0 Å². The third-order valence-electron chi connectivity index (χ3n) is 3.35. The molecule has 0 saturated heterocycles. The molecule has 0 aliphatic heterocycles. The summed E-state index contributed by atoms with van der Waals surface area (Å²) in [6.07, 6.45) is 1.15. The first-order valence-corrected chi connectivity index (χ1v) is 7.47. The summed E-state index contributed by atoms with van der Waals surface area (Å²) in [6, 6.07) is 4.99. The Hall–Kier alpha value is -1.68. The average molecular weight is 308 g/mol. The molecule has 1 heterocycles. The average Bonchev–Trinajstić information content (AvgIpc) is 2.47. The van der Waals surface area contributed by atoms with E-state index in [0.717, 1.165) is 30.0 Å². The molecule has 1 aromatic carbocycles. The molecule has 0 atom stereocenters. The Morgan fingerprint density at radius 3 is 2.67 bits per heavy atom. The van der Waals surface area contributed by atoms with Crippen molar-refractivity contribution in [2.75, 3.05) is 11.9 Å². The fourth-order valence-corrected chi connectivity index (χ4v) is 2.43. The molecule has 3 nitrogen and oxygen atoms in total. The van der Waals surface area contributed by atoms with E-state index in [4.69, 9.17) is 11.6 Å². The fourth-order valence-electron chi connectivity index (χ4n) is 2.23. The normalized spacial score (nSPS) is 10.7. The van der Waals surface area contributed by atoms with Gasteiger partial charge in [0.25, 0.3) is 0 Å². The number of hydrogen-bond donors (Lipinski definition) is 1. The number of aryl methyl sites for hydroxylation is 1. The van der Waals surface area contributed by atoms with Gasteiger partial charge in [0, 0.05) is 24.2 Å². The summed E-state index contributed by atoms with van der Waals surface area (Å²) in [5.74, 6) is 1.03. The highest BCUT2D eigenvalue weighted by Gasteiger charge is 2.12. The molecule has 0 spiro atoms. The first-order valence-electron chi connectivity index (χ1n) is 7.09. The molecule has 0 fully saturated rings. The zero-order chi connectivity index (χ0) is 15.4.